The molecule has 2 saturated heterocycles. The summed E-state index contributed by atoms with van der Waals surface area (Å²) in [5.41, 5.74) is 0. The fourth-order valence-electron chi connectivity index (χ4n) is 2.17. The minimum atomic E-state index is -0.514. The number of carbonyl (C=O) groups is 1. The van der Waals surface area contributed by atoms with E-state index < -0.39 is 5.79 Å². The number of rotatable bonds is 2. The molecule has 0 saturated carbocycles. The van der Waals surface area contributed by atoms with Crippen molar-refractivity contribution in [1.82, 2.24) is 4.90 Å². The Labute approximate surface area is 94.5 Å². The van der Waals surface area contributed by atoms with Gasteiger partial charge in [0.15, 0.2) is 5.79 Å². The number of ether oxygens (including phenoxy) is 2. The highest BCUT2D eigenvalue weighted by molar-refractivity contribution is 6.18. The molecule has 86 valence electrons. The van der Waals surface area contributed by atoms with E-state index in [1.165, 1.54) is 0 Å². The van der Waals surface area contributed by atoms with Gasteiger partial charge in [-0.25, -0.2) is 0 Å². The lowest BCUT2D eigenvalue weighted by atomic mass is 10.0. The molecule has 5 heteroatoms. The average molecular weight is 234 g/mol. The van der Waals surface area contributed by atoms with Crippen LogP contribution in [0.25, 0.3) is 0 Å². The smallest absolute Gasteiger partial charge is 0.223 e. The third kappa shape index (κ3) is 2.44. The molecule has 4 nitrogen and oxygen atoms in total. The van der Waals surface area contributed by atoms with Gasteiger partial charge in [-0.2, -0.15) is 0 Å². The SMILES string of the molecule is O=C(CCCl)N1CCCC2(C1)OCCO2. The number of nitrogens with zero attached hydrogens (tertiary/aromatic N) is 1. The lowest BCUT2D eigenvalue weighted by Gasteiger charge is -2.38. The van der Waals surface area contributed by atoms with Crippen molar-refractivity contribution in [3.8, 4) is 0 Å². The van der Waals surface area contributed by atoms with Crippen LogP contribution < -0.4 is 0 Å². The van der Waals surface area contributed by atoms with Crippen LogP contribution in [-0.4, -0.2) is 48.8 Å². The fraction of sp³-hybridized carbons (Fsp3) is 0.900. The Hall–Kier alpha value is -0.320. The van der Waals surface area contributed by atoms with Gasteiger partial charge in [0.05, 0.1) is 19.8 Å². The summed E-state index contributed by atoms with van der Waals surface area (Å²) in [4.78, 5) is 13.5. The number of alkyl halides is 1. The van der Waals surface area contributed by atoms with E-state index in [0.29, 0.717) is 32.1 Å². The molecule has 0 aromatic heterocycles. The van der Waals surface area contributed by atoms with Crippen molar-refractivity contribution < 1.29 is 14.3 Å². The van der Waals surface area contributed by atoms with E-state index in [9.17, 15) is 4.79 Å². The first-order valence-electron chi connectivity index (χ1n) is 5.37. The number of amides is 1. The zero-order valence-electron chi connectivity index (χ0n) is 8.71. The number of piperidine rings is 1. The highest BCUT2D eigenvalue weighted by atomic mass is 35.5. The zero-order chi connectivity index (χ0) is 10.7. The Kier molecular flexibility index (Phi) is 3.49. The average Bonchev–Trinajstić information content (AvgIpc) is 2.67. The molecule has 0 aromatic carbocycles. The van der Waals surface area contributed by atoms with E-state index in [-0.39, 0.29) is 5.91 Å². The summed E-state index contributed by atoms with van der Waals surface area (Å²) in [7, 11) is 0. The molecule has 0 bridgehead atoms. The topological polar surface area (TPSA) is 38.8 Å². The van der Waals surface area contributed by atoms with Crippen LogP contribution in [0.5, 0.6) is 0 Å². The molecule has 0 atom stereocenters. The molecular weight excluding hydrogens is 218 g/mol. The maximum Gasteiger partial charge on any atom is 0.223 e. The molecular formula is C10H16ClNO3. The van der Waals surface area contributed by atoms with Crippen LogP contribution in [0.3, 0.4) is 0 Å². The lowest BCUT2D eigenvalue weighted by Crippen LogP contribution is -2.51. The maximum atomic E-state index is 11.7. The summed E-state index contributed by atoms with van der Waals surface area (Å²) in [5, 5.41) is 0. The Morgan fingerprint density at radius 2 is 2.13 bits per heavy atom. The van der Waals surface area contributed by atoms with Gasteiger partial charge in [0.2, 0.25) is 5.91 Å². The number of likely N-dealkylation sites (tertiary alicyclic amines) is 1. The summed E-state index contributed by atoms with van der Waals surface area (Å²) in [6.07, 6.45) is 2.23. The maximum absolute atomic E-state index is 11.7. The van der Waals surface area contributed by atoms with Crippen molar-refractivity contribution >= 4 is 17.5 Å². The first-order valence-corrected chi connectivity index (χ1v) is 5.91. The van der Waals surface area contributed by atoms with Gasteiger partial charge >= 0.3 is 0 Å². The van der Waals surface area contributed by atoms with Crippen LogP contribution in [-0.2, 0) is 14.3 Å². The van der Waals surface area contributed by atoms with Crippen LogP contribution in [0.2, 0.25) is 0 Å². The van der Waals surface area contributed by atoms with E-state index >= 15 is 0 Å². The normalized spacial score (nSPS) is 24.7. The van der Waals surface area contributed by atoms with E-state index in [4.69, 9.17) is 21.1 Å². The predicted molar refractivity (Wildman–Crippen MR) is 55.8 cm³/mol. The van der Waals surface area contributed by atoms with E-state index in [0.717, 1.165) is 19.4 Å². The zero-order valence-corrected chi connectivity index (χ0v) is 9.46. The highest BCUT2D eigenvalue weighted by Gasteiger charge is 2.41. The van der Waals surface area contributed by atoms with Crippen LogP contribution in [0.15, 0.2) is 0 Å². The summed E-state index contributed by atoms with van der Waals surface area (Å²) >= 11 is 5.56. The van der Waals surface area contributed by atoms with Crippen LogP contribution in [0.1, 0.15) is 19.3 Å². The van der Waals surface area contributed by atoms with Crippen LogP contribution in [0.4, 0.5) is 0 Å². The fourth-order valence-corrected chi connectivity index (χ4v) is 2.33. The highest BCUT2D eigenvalue weighted by Crippen LogP contribution is 2.30. The molecule has 1 amide bonds. The van der Waals surface area contributed by atoms with Crippen LogP contribution in [0, 0.1) is 0 Å². The molecule has 15 heavy (non-hydrogen) atoms. The van der Waals surface area contributed by atoms with Gasteiger partial charge in [0.25, 0.3) is 0 Å². The molecule has 0 unspecified atom stereocenters. The first-order chi connectivity index (χ1) is 7.26. The quantitative estimate of drug-likeness (QED) is 0.668. The van der Waals surface area contributed by atoms with Crippen LogP contribution >= 0.6 is 11.6 Å². The van der Waals surface area contributed by atoms with Gasteiger partial charge in [-0.15, -0.1) is 11.6 Å². The van der Waals surface area contributed by atoms with Gasteiger partial charge in [-0.1, -0.05) is 0 Å². The number of hydrogen-bond acceptors (Lipinski definition) is 3. The third-order valence-electron chi connectivity index (χ3n) is 2.89. The number of carbonyl (C=O) groups excluding carboxylic acids is 1. The van der Waals surface area contributed by atoms with Crippen molar-refractivity contribution in [3.05, 3.63) is 0 Å². The van der Waals surface area contributed by atoms with Crippen molar-refractivity contribution in [2.45, 2.75) is 25.0 Å². The van der Waals surface area contributed by atoms with Crippen molar-refractivity contribution in [2.75, 3.05) is 32.2 Å². The molecule has 2 aliphatic heterocycles. The van der Waals surface area contributed by atoms with Crippen molar-refractivity contribution in [1.29, 1.82) is 0 Å². The Bertz CT molecular complexity index is 241. The molecule has 0 radical (unpaired) electrons. The van der Waals surface area contributed by atoms with Crippen molar-refractivity contribution in [3.63, 3.8) is 0 Å². The number of halogens is 1. The molecule has 0 aliphatic carbocycles. The number of hydrogen-bond donors (Lipinski definition) is 0. The molecule has 2 fully saturated rings. The molecule has 2 rings (SSSR count). The Morgan fingerprint density at radius 3 is 2.80 bits per heavy atom. The molecule has 2 heterocycles. The van der Waals surface area contributed by atoms with Gasteiger partial charge in [-0.05, 0) is 6.42 Å². The Balaban J connectivity index is 1.94. The second-order valence-electron chi connectivity index (χ2n) is 3.97. The predicted octanol–water partition coefficient (Wildman–Crippen LogP) is 0.981. The monoisotopic (exact) mass is 233 g/mol. The summed E-state index contributed by atoms with van der Waals surface area (Å²) < 4.78 is 11.2. The van der Waals surface area contributed by atoms with Gasteiger partial charge < -0.3 is 14.4 Å². The van der Waals surface area contributed by atoms with E-state index in [1.54, 1.807) is 4.90 Å². The minimum absolute atomic E-state index is 0.100. The summed E-state index contributed by atoms with van der Waals surface area (Å²) in [6, 6.07) is 0. The molecule has 0 N–H and O–H groups in total. The largest absolute Gasteiger partial charge is 0.346 e. The van der Waals surface area contributed by atoms with E-state index in [1.807, 2.05) is 0 Å². The first kappa shape index (κ1) is 11.2. The van der Waals surface area contributed by atoms with E-state index in [2.05, 4.69) is 0 Å². The van der Waals surface area contributed by atoms with Crippen molar-refractivity contribution in [2.24, 2.45) is 0 Å². The Morgan fingerprint density at radius 1 is 1.40 bits per heavy atom. The molecule has 0 aromatic rings. The third-order valence-corrected chi connectivity index (χ3v) is 3.08. The standard InChI is InChI=1S/C10H16ClNO3/c11-4-2-9(13)12-5-1-3-10(8-12)14-6-7-15-10/h1-8H2. The summed E-state index contributed by atoms with van der Waals surface area (Å²) in [6.45, 7) is 2.63. The van der Waals surface area contributed by atoms with Gasteiger partial charge in [0.1, 0.15) is 0 Å². The molecule has 1 spiro atoms. The second-order valence-corrected chi connectivity index (χ2v) is 4.34. The van der Waals surface area contributed by atoms with Gasteiger partial charge in [0, 0.05) is 25.3 Å². The summed E-state index contributed by atoms with van der Waals surface area (Å²) in [5.74, 6) is -0.0345. The minimum Gasteiger partial charge on any atom is -0.346 e. The van der Waals surface area contributed by atoms with Gasteiger partial charge in [-0.3, -0.25) is 4.79 Å². The lowest BCUT2D eigenvalue weighted by molar-refractivity contribution is -0.193. The molecule has 2 aliphatic rings. The second kappa shape index (κ2) is 4.68.